The third kappa shape index (κ3) is 3.76. The summed E-state index contributed by atoms with van der Waals surface area (Å²) in [5, 5.41) is 3.29. The fraction of sp³-hybridized carbons (Fsp3) is 0.267. The van der Waals surface area contributed by atoms with E-state index in [2.05, 4.69) is 17.2 Å². The number of para-hydroxylation sites is 1. The Morgan fingerprint density at radius 2 is 2.05 bits per heavy atom. The Labute approximate surface area is 112 Å². The van der Waals surface area contributed by atoms with Crippen molar-refractivity contribution in [2.24, 2.45) is 0 Å². The monoisotopic (exact) mass is 260 g/mol. The van der Waals surface area contributed by atoms with Gasteiger partial charge in [-0.3, -0.25) is 4.98 Å². The number of pyridine rings is 1. The largest absolute Gasteiger partial charge is 0.452 e. The van der Waals surface area contributed by atoms with Crippen molar-refractivity contribution >= 4 is 0 Å². The number of hydrogen-bond acceptors (Lipinski definition) is 3. The molecule has 3 nitrogen and oxygen atoms in total. The first-order chi connectivity index (χ1) is 9.31. The van der Waals surface area contributed by atoms with E-state index in [0.717, 1.165) is 18.5 Å². The normalized spacial score (nSPS) is 10.4. The zero-order valence-corrected chi connectivity index (χ0v) is 10.9. The lowest BCUT2D eigenvalue weighted by molar-refractivity contribution is 0.434. The van der Waals surface area contributed by atoms with Gasteiger partial charge in [-0.2, -0.15) is 0 Å². The molecule has 0 saturated heterocycles. The van der Waals surface area contributed by atoms with Crippen LogP contribution in [0.4, 0.5) is 4.39 Å². The van der Waals surface area contributed by atoms with Crippen LogP contribution in [-0.4, -0.2) is 11.5 Å². The van der Waals surface area contributed by atoms with Gasteiger partial charge in [-0.15, -0.1) is 0 Å². The second kappa shape index (κ2) is 6.85. The van der Waals surface area contributed by atoms with Crippen LogP contribution < -0.4 is 10.1 Å². The molecule has 0 spiro atoms. The van der Waals surface area contributed by atoms with Gasteiger partial charge < -0.3 is 10.1 Å². The van der Waals surface area contributed by atoms with Crippen molar-refractivity contribution in [2.75, 3.05) is 6.54 Å². The molecule has 0 aliphatic rings. The van der Waals surface area contributed by atoms with E-state index in [0.29, 0.717) is 12.3 Å². The Kier molecular flexibility index (Phi) is 4.86. The Bertz CT molecular complexity index is 531. The fourth-order valence-electron chi connectivity index (χ4n) is 1.69. The zero-order valence-electron chi connectivity index (χ0n) is 10.9. The van der Waals surface area contributed by atoms with Crippen LogP contribution in [-0.2, 0) is 6.54 Å². The summed E-state index contributed by atoms with van der Waals surface area (Å²) < 4.78 is 19.1. The van der Waals surface area contributed by atoms with Crippen LogP contribution in [0.3, 0.4) is 0 Å². The highest BCUT2D eigenvalue weighted by molar-refractivity contribution is 5.35. The summed E-state index contributed by atoms with van der Waals surface area (Å²) in [4.78, 5) is 4.02. The first-order valence-corrected chi connectivity index (χ1v) is 6.37. The molecule has 0 aliphatic carbocycles. The first kappa shape index (κ1) is 13.5. The Hall–Kier alpha value is -1.94. The first-order valence-electron chi connectivity index (χ1n) is 6.37. The summed E-state index contributed by atoms with van der Waals surface area (Å²) in [6.45, 7) is 3.72. The zero-order chi connectivity index (χ0) is 13.5. The van der Waals surface area contributed by atoms with Crippen LogP contribution in [0.25, 0.3) is 0 Å². The van der Waals surface area contributed by atoms with Crippen molar-refractivity contribution in [1.29, 1.82) is 0 Å². The summed E-state index contributed by atoms with van der Waals surface area (Å²) in [6.07, 6.45) is 4.38. The molecule has 2 rings (SSSR count). The van der Waals surface area contributed by atoms with Crippen LogP contribution in [0, 0.1) is 5.82 Å². The van der Waals surface area contributed by atoms with E-state index in [9.17, 15) is 4.39 Å². The van der Waals surface area contributed by atoms with E-state index in [-0.39, 0.29) is 11.6 Å². The molecule has 0 radical (unpaired) electrons. The average Bonchev–Trinajstić information content (AvgIpc) is 2.43. The molecule has 4 heteroatoms. The minimum atomic E-state index is -0.376. The third-order valence-corrected chi connectivity index (χ3v) is 2.67. The molecule has 0 amide bonds. The van der Waals surface area contributed by atoms with Crippen LogP contribution in [0.5, 0.6) is 11.5 Å². The average molecular weight is 260 g/mol. The van der Waals surface area contributed by atoms with E-state index >= 15 is 0 Å². The van der Waals surface area contributed by atoms with Crippen molar-refractivity contribution in [2.45, 2.75) is 19.9 Å². The number of halogens is 1. The van der Waals surface area contributed by atoms with Crippen molar-refractivity contribution in [3.8, 4) is 11.5 Å². The molecule has 0 fully saturated rings. The maximum absolute atomic E-state index is 13.6. The molecule has 0 aliphatic heterocycles. The highest BCUT2D eigenvalue weighted by Gasteiger charge is 2.07. The molecule has 19 heavy (non-hydrogen) atoms. The molecule has 100 valence electrons. The van der Waals surface area contributed by atoms with Gasteiger partial charge in [-0.25, -0.2) is 4.39 Å². The highest BCUT2D eigenvalue weighted by atomic mass is 19.1. The number of benzene rings is 1. The summed E-state index contributed by atoms with van der Waals surface area (Å²) >= 11 is 0. The lowest BCUT2D eigenvalue weighted by Gasteiger charge is -2.11. The molecule has 0 unspecified atom stereocenters. The van der Waals surface area contributed by atoms with Gasteiger partial charge in [-0.1, -0.05) is 19.1 Å². The lowest BCUT2D eigenvalue weighted by Crippen LogP contribution is -2.14. The second-order valence-corrected chi connectivity index (χ2v) is 4.19. The van der Waals surface area contributed by atoms with E-state index in [1.807, 2.05) is 6.07 Å². The van der Waals surface area contributed by atoms with Crippen LogP contribution in [0.15, 0.2) is 42.7 Å². The van der Waals surface area contributed by atoms with Gasteiger partial charge in [0.15, 0.2) is 11.6 Å². The molecule has 1 aromatic heterocycles. The number of aromatic nitrogens is 1. The molecule has 1 heterocycles. The van der Waals surface area contributed by atoms with Gasteiger partial charge in [0.25, 0.3) is 0 Å². The standard InChI is InChI=1S/C15H17FN2O/c1-2-8-17-10-12-7-9-18-11-15(12)19-14-6-4-3-5-13(14)16/h3-7,9,11,17H,2,8,10H2,1H3. The number of ether oxygens (including phenoxy) is 1. The second-order valence-electron chi connectivity index (χ2n) is 4.19. The SMILES string of the molecule is CCCNCc1ccncc1Oc1ccccc1F. The van der Waals surface area contributed by atoms with E-state index in [1.54, 1.807) is 30.6 Å². The summed E-state index contributed by atoms with van der Waals surface area (Å²) in [6, 6.07) is 8.23. The molecule has 0 saturated carbocycles. The predicted octanol–water partition coefficient (Wildman–Crippen LogP) is 3.51. The third-order valence-electron chi connectivity index (χ3n) is 2.67. The molecular weight excluding hydrogens is 243 g/mol. The Morgan fingerprint density at radius 1 is 1.21 bits per heavy atom. The van der Waals surface area contributed by atoms with Gasteiger partial charge in [0.05, 0.1) is 6.20 Å². The molecule has 2 aromatic rings. The molecule has 1 aromatic carbocycles. The quantitative estimate of drug-likeness (QED) is 0.807. The maximum Gasteiger partial charge on any atom is 0.165 e. The van der Waals surface area contributed by atoms with Gasteiger partial charge in [-0.05, 0) is 31.2 Å². The number of rotatable bonds is 6. The summed E-state index contributed by atoms with van der Waals surface area (Å²) in [5.41, 5.74) is 0.965. The van der Waals surface area contributed by atoms with Crippen molar-refractivity contribution in [3.63, 3.8) is 0 Å². The number of nitrogens with zero attached hydrogens (tertiary/aromatic N) is 1. The van der Waals surface area contributed by atoms with Crippen molar-refractivity contribution in [1.82, 2.24) is 10.3 Å². The van der Waals surface area contributed by atoms with Gasteiger partial charge in [0.2, 0.25) is 0 Å². The van der Waals surface area contributed by atoms with Crippen LogP contribution >= 0.6 is 0 Å². The van der Waals surface area contributed by atoms with E-state index in [1.165, 1.54) is 6.07 Å². The van der Waals surface area contributed by atoms with Gasteiger partial charge >= 0.3 is 0 Å². The summed E-state index contributed by atoms with van der Waals surface area (Å²) in [5.74, 6) is 0.419. The fourth-order valence-corrected chi connectivity index (χ4v) is 1.69. The van der Waals surface area contributed by atoms with E-state index in [4.69, 9.17) is 4.74 Å². The van der Waals surface area contributed by atoms with Gasteiger partial charge in [0, 0.05) is 18.3 Å². The maximum atomic E-state index is 13.6. The van der Waals surface area contributed by atoms with Crippen LogP contribution in [0.2, 0.25) is 0 Å². The molecule has 0 bridgehead atoms. The molecule has 0 atom stereocenters. The Morgan fingerprint density at radius 3 is 2.84 bits per heavy atom. The summed E-state index contributed by atoms with van der Waals surface area (Å²) in [7, 11) is 0. The lowest BCUT2D eigenvalue weighted by atomic mass is 10.2. The topological polar surface area (TPSA) is 34.2 Å². The minimum Gasteiger partial charge on any atom is -0.452 e. The van der Waals surface area contributed by atoms with Gasteiger partial charge in [0.1, 0.15) is 5.75 Å². The number of nitrogens with one attached hydrogen (secondary N) is 1. The molecular formula is C15H17FN2O. The van der Waals surface area contributed by atoms with Crippen molar-refractivity contribution < 1.29 is 9.13 Å². The molecule has 1 N–H and O–H groups in total. The predicted molar refractivity (Wildman–Crippen MR) is 72.7 cm³/mol. The van der Waals surface area contributed by atoms with Crippen molar-refractivity contribution in [3.05, 3.63) is 54.1 Å². The van der Waals surface area contributed by atoms with E-state index < -0.39 is 0 Å². The number of hydrogen-bond donors (Lipinski definition) is 1. The smallest absolute Gasteiger partial charge is 0.165 e. The Balaban J connectivity index is 2.13. The highest BCUT2D eigenvalue weighted by Crippen LogP contribution is 2.26. The van der Waals surface area contributed by atoms with Crippen LogP contribution in [0.1, 0.15) is 18.9 Å². The minimum absolute atomic E-state index is 0.215.